The molecular formula is C13H14O6S. The average molecular weight is 298 g/mol. The van der Waals surface area contributed by atoms with Gasteiger partial charge in [0.2, 0.25) is 0 Å². The third-order valence-corrected chi connectivity index (χ3v) is 3.36. The zero-order valence-electron chi connectivity index (χ0n) is 10.9. The summed E-state index contributed by atoms with van der Waals surface area (Å²) in [5, 5.41) is 0. The van der Waals surface area contributed by atoms with Crippen molar-refractivity contribution in [3.63, 3.8) is 0 Å². The topological polar surface area (TPSA) is 86.7 Å². The maximum absolute atomic E-state index is 11.6. The maximum Gasteiger partial charge on any atom is 0.319 e. The molecule has 1 aromatic carbocycles. The second-order valence-electron chi connectivity index (χ2n) is 3.75. The second-order valence-corrected chi connectivity index (χ2v) is 5.21. The molecule has 6 nitrogen and oxygen atoms in total. The van der Waals surface area contributed by atoms with Gasteiger partial charge in [0.15, 0.2) is 12.4 Å². The molecule has 0 saturated carbocycles. The molecule has 20 heavy (non-hydrogen) atoms. The third kappa shape index (κ3) is 5.75. The summed E-state index contributed by atoms with van der Waals surface area (Å²) in [5.74, 6) is -2.64. The number of methoxy groups -OCH3 is 1. The summed E-state index contributed by atoms with van der Waals surface area (Å²) in [6.07, 6.45) is 0. The smallest absolute Gasteiger partial charge is 0.319 e. The molecule has 0 N–H and O–H groups in total. The molecular weight excluding hydrogens is 284 g/mol. The molecule has 1 rings (SSSR count). The number of ketones is 1. The first-order valence-electron chi connectivity index (χ1n) is 5.68. The molecule has 0 aliphatic heterocycles. The Hall–Kier alpha value is -2.02. The van der Waals surface area contributed by atoms with Crippen LogP contribution in [0.4, 0.5) is 0 Å². The van der Waals surface area contributed by atoms with E-state index in [1.807, 2.05) is 0 Å². The van der Waals surface area contributed by atoms with E-state index in [4.69, 9.17) is 4.74 Å². The molecule has 0 heterocycles. The SMILES string of the molecule is COC(=O)C[S@@](=O)CC(=O)OCC(=O)c1ccccc1. The number of carbonyl (C=O) groups is 3. The van der Waals surface area contributed by atoms with Gasteiger partial charge >= 0.3 is 11.9 Å². The van der Waals surface area contributed by atoms with E-state index in [1.54, 1.807) is 30.3 Å². The summed E-state index contributed by atoms with van der Waals surface area (Å²) >= 11 is 0. The van der Waals surface area contributed by atoms with E-state index in [0.717, 1.165) is 7.11 Å². The van der Waals surface area contributed by atoms with E-state index in [2.05, 4.69) is 4.74 Å². The minimum Gasteiger partial charge on any atom is -0.468 e. The van der Waals surface area contributed by atoms with Gasteiger partial charge in [0, 0.05) is 16.4 Å². The van der Waals surface area contributed by atoms with Gasteiger partial charge in [-0.25, -0.2) is 0 Å². The largest absolute Gasteiger partial charge is 0.468 e. The standard InChI is InChI=1S/C13H14O6S/c1-18-12(15)8-20(17)9-13(16)19-7-11(14)10-5-3-2-4-6-10/h2-6H,7-9H2,1H3/t20-/m1/s1. The molecule has 0 bridgehead atoms. The number of rotatable bonds is 7. The molecule has 0 radical (unpaired) electrons. The van der Waals surface area contributed by atoms with Crippen molar-refractivity contribution in [3.8, 4) is 0 Å². The van der Waals surface area contributed by atoms with Crippen molar-refractivity contribution in [2.75, 3.05) is 25.2 Å². The van der Waals surface area contributed by atoms with Crippen molar-refractivity contribution in [1.82, 2.24) is 0 Å². The fourth-order valence-electron chi connectivity index (χ4n) is 1.27. The fourth-order valence-corrected chi connectivity index (χ4v) is 2.10. The summed E-state index contributed by atoms with van der Waals surface area (Å²) in [7, 11) is -0.537. The van der Waals surface area contributed by atoms with Gasteiger partial charge in [-0.3, -0.25) is 18.6 Å². The first kappa shape index (κ1) is 16.0. The summed E-state index contributed by atoms with van der Waals surface area (Å²) < 4.78 is 20.4. The van der Waals surface area contributed by atoms with Crippen molar-refractivity contribution in [2.24, 2.45) is 0 Å². The molecule has 0 fully saturated rings. The van der Waals surface area contributed by atoms with Crippen molar-refractivity contribution in [3.05, 3.63) is 35.9 Å². The van der Waals surface area contributed by atoms with Crippen LogP contribution < -0.4 is 0 Å². The summed E-state index contributed by atoms with van der Waals surface area (Å²) in [5.41, 5.74) is 0.427. The number of esters is 2. The molecule has 0 amide bonds. The Kier molecular flexibility index (Phi) is 6.58. The molecule has 1 atom stereocenters. The van der Waals surface area contributed by atoms with Crippen LogP contribution in [0.1, 0.15) is 10.4 Å². The number of ether oxygens (including phenoxy) is 2. The first-order valence-corrected chi connectivity index (χ1v) is 7.17. The lowest BCUT2D eigenvalue weighted by molar-refractivity contribution is -0.139. The highest BCUT2D eigenvalue weighted by Crippen LogP contribution is 2.00. The Morgan fingerprint density at radius 3 is 2.25 bits per heavy atom. The molecule has 0 saturated heterocycles. The third-order valence-electron chi connectivity index (χ3n) is 2.25. The van der Waals surface area contributed by atoms with Gasteiger partial charge in [0.1, 0.15) is 11.5 Å². The highest BCUT2D eigenvalue weighted by atomic mass is 32.2. The average Bonchev–Trinajstić information content (AvgIpc) is 2.45. The van der Waals surface area contributed by atoms with Gasteiger partial charge in [0.05, 0.1) is 7.11 Å². The summed E-state index contributed by atoms with van der Waals surface area (Å²) in [6.45, 7) is -0.418. The number of hydrogen-bond donors (Lipinski definition) is 0. The van der Waals surface area contributed by atoms with Crippen LogP contribution >= 0.6 is 0 Å². The quantitative estimate of drug-likeness (QED) is 0.533. The lowest BCUT2D eigenvalue weighted by Crippen LogP contribution is -2.22. The predicted octanol–water partition coefficient (Wildman–Crippen LogP) is 0.334. The van der Waals surface area contributed by atoms with Crippen LogP contribution in [0.25, 0.3) is 0 Å². The zero-order valence-corrected chi connectivity index (χ0v) is 11.7. The Morgan fingerprint density at radius 1 is 1.05 bits per heavy atom. The fraction of sp³-hybridized carbons (Fsp3) is 0.308. The Balaban J connectivity index is 2.35. The number of benzene rings is 1. The molecule has 0 aromatic heterocycles. The molecule has 0 unspecified atom stereocenters. The Bertz CT molecular complexity index is 511. The summed E-state index contributed by atoms with van der Waals surface area (Å²) in [6, 6.07) is 8.36. The van der Waals surface area contributed by atoms with Crippen molar-refractivity contribution < 1.29 is 28.1 Å². The minimum absolute atomic E-state index is 0.349. The van der Waals surface area contributed by atoms with E-state index in [9.17, 15) is 18.6 Å². The van der Waals surface area contributed by atoms with E-state index in [-0.39, 0.29) is 11.5 Å². The van der Waals surface area contributed by atoms with Crippen LogP contribution in [0.5, 0.6) is 0 Å². The van der Waals surface area contributed by atoms with Gasteiger partial charge in [0.25, 0.3) is 0 Å². The molecule has 0 aliphatic carbocycles. The second kappa shape index (κ2) is 8.21. The zero-order chi connectivity index (χ0) is 15.0. The predicted molar refractivity (Wildman–Crippen MR) is 71.6 cm³/mol. The first-order chi connectivity index (χ1) is 9.52. The molecule has 0 aliphatic rings. The molecule has 108 valence electrons. The monoisotopic (exact) mass is 298 g/mol. The Morgan fingerprint density at radius 2 is 1.65 bits per heavy atom. The van der Waals surface area contributed by atoms with Crippen molar-refractivity contribution >= 4 is 28.5 Å². The highest BCUT2D eigenvalue weighted by molar-refractivity contribution is 7.86. The van der Waals surface area contributed by atoms with Crippen LogP contribution in [-0.2, 0) is 29.9 Å². The highest BCUT2D eigenvalue weighted by Gasteiger charge is 2.15. The van der Waals surface area contributed by atoms with Crippen LogP contribution in [0, 0.1) is 0 Å². The molecule has 1 aromatic rings. The van der Waals surface area contributed by atoms with Gasteiger partial charge in [-0.1, -0.05) is 30.3 Å². The van der Waals surface area contributed by atoms with Crippen LogP contribution in [0.2, 0.25) is 0 Å². The van der Waals surface area contributed by atoms with Gasteiger partial charge in [-0.15, -0.1) is 0 Å². The van der Waals surface area contributed by atoms with Gasteiger partial charge < -0.3 is 9.47 Å². The van der Waals surface area contributed by atoms with Crippen molar-refractivity contribution in [1.29, 1.82) is 0 Å². The normalized spacial score (nSPS) is 11.4. The molecule has 0 spiro atoms. The van der Waals surface area contributed by atoms with Crippen LogP contribution in [0.15, 0.2) is 30.3 Å². The van der Waals surface area contributed by atoms with Crippen LogP contribution in [-0.4, -0.2) is 47.2 Å². The Labute approximate surface area is 118 Å². The minimum atomic E-state index is -1.70. The van der Waals surface area contributed by atoms with Gasteiger partial charge in [-0.2, -0.15) is 0 Å². The lowest BCUT2D eigenvalue weighted by atomic mass is 10.1. The lowest BCUT2D eigenvalue weighted by Gasteiger charge is -2.04. The van der Waals surface area contributed by atoms with Crippen LogP contribution in [0.3, 0.4) is 0 Å². The van der Waals surface area contributed by atoms with Gasteiger partial charge in [-0.05, 0) is 0 Å². The molecule has 7 heteroatoms. The maximum atomic E-state index is 11.6. The van der Waals surface area contributed by atoms with Crippen molar-refractivity contribution in [2.45, 2.75) is 0 Å². The van der Waals surface area contributed by atoms with E-state index < -0.39 is 35.1 Å². The van der Waals surface area contributed by atoms with E-state index in [1.165, 1.54) is 0 Å². The number of hydrogen-bond acceptors (Lipinski definition) is 6. The summed E-state index contributed by atoms with van der Waals surface area (Å²) in [4.78, 5) is 33.8. The number of carbonyl (C=O) groups excluding carboxylic acids is 3. The van der Waals surface area contributed by atoms with E-state index >= 15 is 0 Å². The number of Topliss-reactive ketones (excluding diaryl/α,β-unsaturated/α-hetero) is 1. The van der Waals surface area contributed by atoms with E-state index in [0.29, 0.717) is 5.56 Å².